The number of benzene rings is 2. The predicted molar refractivity (Wildman–Crippen MR) is 108 cm³/mol. The van der Waals surface area contributed by atoms with E-state index in [0.717, 1.165) is 0 Å². The number of hydrogen-bond acceptors (Lipinski definition) is 4. The lowest BCUT2D eigenvalue weighted by atomic mass is 10.2. The largest absolute Gasteiger partial charge is 0.496 e. The number of ether oxygens (including phenoxy) is 1. The standard InChI is InChI=1S/C18H20Cl2N2O4S/c1-4-22(5-2)27(24,25)12-9-10-16(26-3)13(11-12)18(23)21-15-8-6-7-14(19)17(15)20/h6-11H,4-5H2,1-3H3,(H,21,23). The van der Waals surface area contributed by atoms with Gasteiger partial charge in [-0.25, -0.2) is 8.42 Å². The number of carbonyl (C=O) groups excluding carboxylic acids is 1. The van der Waals surface area contributed by atoms with Crippen LogP contribution in [-0.2, 0) is 10.0 Å². The number of amides is 1. The first kappa shape index (κ1) is 21.5. The Balaban J connectivity index is 2.46. The monoisotopic (exact) mass is 430 g/mol. The van der Waals surface area contributed by atoms with Gasteiger partial charge in [-0.2, -0.15) is 4.31 Å². The van der Waals surface area contributed by atoms with Gasteiger partial charge in [0.25, 0.3) is 5.91 Å². The molecule has 2 aromatic rings. The van der Waals surface area contributed by atoms with Crippen LogP contribution in [0.15, 0.2) is 41.3 Å². The zero-order valence-electron chi connectivity index (χ0n) is 15.1. The molecule has 0 unspecified atom stereocenters. The second kappa shape index (κ2) is 8.93. The van der Waals surface area contributed by atoms with Gasteiger partial charge in [0.1, 0.15) is 5.75 Å². The average Bonchev–Trinajstić information content (AvgIpc) is 2.65. The molecule has 0 saturated carbocycles. The molecular formula is C18H20Cl2N2O4S. The summed E-state index contributed by atoms with van der Waals surface area (Å²) in [6, 6.07) is 8.98. The van der Waals surface area contributed by atoms with E-state index in [1.165, 1.54) is 29.6 Å². The van der Waals surface area contributed by atoms with E-state index in [1.54, 1.807) is 32.0 Å². The third-order valence-corrected chi connectivity index (χ3v) is 6.82. The van der Waals surface area contributed by atoms with Gasteiger partial charge in [0, 0.05) is 13.1 Å². The summed E-state index contributed by atoms with van der Waals surface area (Å²) in [5.74, 6) is -0.322. The highest BCUT2D eigenvalue weighted by Gasteiger charge is 2.24. The lowest BCUT2D eigenvalue weighted by Crippen LogP contribution is -2.30. The molecule has 0 saturated heterocycles. The summed E-state index contributed by atoms with van der Waals surface area (Å²) in [4.78, 5) is 12.8. The van der Waals surface area contributed by atoms with Crippen LogP contribution in [0.5, 0.6) is 5.75 Å². The number of carbonyl (C=O) groups is 1. The third-order valence-electron chi connectivity index (χ3n) is 3.96. The Morgan fingerprint density at radius 3 is 2.41 bits per heavy atom. The second-order valence-corrected chi connectivity index (χ2v) is 8.23. The maximum atomic E-state index is 12.7. The van der Waals surface area contributed by atoms with Crippen LogP contribution in [-0.4, -0.2) is 38.8 Å². The van der Waals surface area contributed by atoms with Gasteiger partial charge < -0.3 is 10.1 Å². The topological polar surface area (TPSA) is 75.7 Å². The quantitative estimate of drug-likeness (QED) is 0.710. The summed E-state index contributed by atoms with van der Waals surface area (Å²) < 4.78 is 32.0. The van der Waals surface area contributed by atoms with Crippen molar-refractivity contribution in [3.05, 3.63) is 52.0 Å². The van der Waals surface area contributed by atoms with Crippen molar-refractivity contribution < 1.29 is 17.9 Å². The molecule has 0 atom stereocenters. The first-order chi connectivity index (χ1) is 12.8. The zero-order chi connectivity index (χ0) is 20.2. The van der Waals surface area contributed by atoms with Crippen molar-refractivity contribution in [2.24, 2.45) is 0 Å². The summed E-state index contributed by atoms with van der Waals surface area (Å²) in [6.07, 6.45) is 0. The number of nitrogens with zero attached hydrogens (tertiary/aromatic N) is 1. The average molecular weight is 431 g/mol. The zero-order valence-corrected chi connectivity index (χ0v) is 17.5. The molecular weight excluding hydrogens is 411 g/mol. The van der Waals surface area contributed by atoms with Crippen LogP contribution in [0.25, 0.3) is 0 Å². The first-order valence-electron chi connectivity index (χ1n) is 8.19. The number of methoxy groups -OCH3 is 1. The fourth-order valence-corrected chi connectivity index (χ4v) is 4.36. The van der Waals surface area contributed by atoms with E-state index in [0.29, 0.717) is 23.8 Å². The SMILES string of the molecule is CCN(CC)S(=O)(=O)c1ccc(OC)c(C(=O)Nc2cccc(Cl)c2Cl)c1. The summed E-state index contributed by atoms with van der Waals surface area (Å²) in [7, 11) is -2.32. The van der Waals surface area contributed by atoms with Gasteiger partial charge in [-0.1, -0.05) is 43.1 Å². The Morgan fingerprint density at radius 1 is 1.15 bits per heavy atom. The van der Waals surface area contributed by atoms with E-state index in [2.05, 4.69) is 5.32 Å². The molecule has 27 heavy (non-hydrogen) atoms. The van der Waals surface area contributed by atoms with E-state index in [-0.39, 0.29) is 21.2 Å². The van der Waals surface area contributed by atoms with Crippen LogP contribution in [0, 0.1) is 0 Å². The maximum Gasteiger partial charge on any atom is 0.259 e. The van der Waals surface area contributed by atoms with Gasteiger partial charge in [0.2, 0.25) is 10.0 Å². The van der Waals surface area contributed by atoms with E-state index in [9.17, 15) is 13.2 Å². The molecule has 0 aliphatic heterocycles. The van der Waals surface area contributed by atoms with E-state index < -0.39 is 15.9 Å². The minimum Gasteiger partial charge on any atom is -0.496 e. The van der Waals surface area contributed by atoms with Crippen LogP contribution >= 0.6 is 23.2 Å². The predicted octanol–water partition coefficient (Wildman–Crippen LogP) is 4.28. The molecule has 1 N–H and O–H groups in total. The van der Waals surface area contributed by atoms with Gasteiger partial charge in [0.05, 0.1) is 33.3 Å². The molecule has 0 heterocycles. The van der Waals surface area contributed by atoms with Crippen molar-refractivity contribution in [1.29, 1.82) is 0 Å². The highest BCUT2D eigenvalue weighted by molar-refractivity contribution is 7.89. The van der Waals surface area contributed by atoms with E-state index >= 15 is 0 Å². The summed E-state index contributed by atoms with van der Waals surface area (Å²) in [5, 5.41) is 3.12. The fourth-order valence-electron chi connectivity index (χ4n) is 2.53. The van der Waals surface area contributed by atoms with Crippen molar-refractivity contribution >= 4 is 44.8 Å². The van der Waals surface area contributed by atoms with Crippen molar-refractivity contribution in [2.45, 2.75) is 18.7 Å². The first-order valence-corrected chi connectivity index (χ1v) is 10.4. The Labute approximate surface area is 169 Å². The molecule has 0 aromatic heterocycles. The number of sulfonamides is 1. The molecule has 6 nitrogen and oxygen atoms in total. The van der Waals surface area contributed by atoms with Crippen LogP contribution < -0.4 is 10.1 Å². The van der Waals surface area contributed by atoms with Crippen molar-refractivity contribution in [2.75, 3.05) is 25.5 Å². The molecule has 0 spiro atoms. The Morgan fingerprint density at radius 2 is 1.81 bits per heavy atom. The van der Waals surface area contributed by atoms with Crippen LogP contribution in [0.1, 0.15) is 24.2 Å². The Bertz CT molecular complexity index is 944. The molecule has 146 valence electrons. The van der Waals surface area contributed by atoms with Gasteiger partial charge in [-0.05, 0) is 30.3 Å². The number of hydrogen-bond donors (Lipinski definition) is 1. The second-order valence-electron chi connectivity index (χ2n) is 5.51. The molecule has 0 aliphatic rings. The van der Waals surface area contributed by atoms with Gasteiger partial charge >= 0.3 is 0 Å². The summed E-state index contributed by atoms with van der Waals surface area (Å²) in [6.45, 7) is 4.15. The minimum absolute atomic E-state index is 0.00865. The van der Waals surface area contributed by atoms with E-state index in [1.807, 2.05) is 0 Å². The molecule has 2 rings (SSSR count). The normalized spacial score (nSPS) is 11.5. The number of anilines is 1. The molecule has 0 radical (unpaired) electrons. The van der Waals surface area contributed by atoms with Gasteiger partial charge in [-0.15, -0.1) is 0 Å². The summed E-state index contributed by atoms with van der Waals surface area (Å²) >= 11 is 12.1. The molecule has 2 aromatic carbocycles. The van der Waals surface area contributed by atoms with Crippen LogP contribution in [0.2, 0.25) is 10.0 Å². The van der Waals surface area contributed by atoms with Crippen LogP contribution in [0.3, 0.4) is 0 Å². The molecule has 9 heteroatoms. The highest BCUT2D eigenvalue weighted by atomic mass is 35.5. The van der Waals surface area contributed by atoms with Gasteiger partial charge in [-0.3, -0.25) is 4.79 Å². The lowest BCUT2D eigenvalue weighted by molar-refractivity contribution is 0.102. The third kappa shape index (κ3) is 4.55. The minimum atomic E-state index is -3.72. The molecule has 0 fully saturated rings. The molecule has 0 aliphatic carbocycles. The Hall–Kier alpha value is -1.80. The van der Waals surface area contributed by atoms with Crippen molar-refractivity contribution in [1.82, 2.24) is 4.31 Å². The summed E-state index contributed by atoms with van der Waals surface area (Å²) in [5.41, 5.74) is 0.384. The maximum absolute atomic E-state index is 12.7. The Kier molecular flexibility index (Phi) is 7.11. The molecule has 0 bridgehead atoms. The number of halogens is 2. The van der Waals surface area contributed by atoms with Gasteiger partial charge in [0.15, 0.2) is 0 Å². The van der Waals surface area contributed by atoms with E-state index in [4.69, 9.17) is 27.9 Å². The lowest BCUT2D eigenvalue weighted by Gasteiger charge is -2.19. The smallest absolute Gasteiger partial charge is 0.259 e. The van der Waals surface area contributed by atoms with Crippen LogP contribution in [0.4, 0.5) is 5.69 Å². The fraction of sp³-hybridized carbons (Fsp3) is 0.278. The number of rotatable bonds is 7. The highest BCUT2D eigenvalue weighted by Crippen LogP contribution is 2.31. The van der Waals surface area contributed by atoms with Crippen molar-refractivity contribution in [3.63, 3.8) is 0 Å². The number of nitrogens with one attached hydrogen (secondary N) is 1. The molecule has 1 amide bonds. The van der Waals surface area contributed by atoms with Crippen molar-refractivity contribution in [3.8, 4) is 5.75 Å².